The number of hydrogen-bond donors (Lipinski definition) is 0. The van der Waals surface area contributed by atoms with E-state index in [-0.39, 0.29) is 44.7 Å². The summed E-state index contributed by atoms with van der Waals surface area (Å²) in [6.45, 7) is 1.64. The lowest BCUT2D eigenvalue weighted by atomic mass is 9.90. The monoisotopic (exact) mass is 418 g/mol. The highest BCUT2D eigenvalue weighted by Crippen LogP contribution is 2.43. The molecule has 1 heterocycles. The van der Waals surface area contributed by atoms with Crippen LogP contribution < -0.4 is 0 Å². The van der Waals surface area contributed by atoms with Crippen molar-refractivity contribution in [2.75, 3.05) is 6.26 Å². The van der Waals surface area contributed by atoms with Crippen LogP contribution in [0.3, 0.4) is 0 Å². The van der Waals surface area contributed by atoms with Crippen molar-refractivity contribution in [3.63, 3.8) is 0 Å². The van der Waals surface area contributed by atoms with Gasteiger partial charge in [0.1, 0.15) is 4.58 Å². The van der Waals surface area contributed by atoms with Crippen LogP contribution in [0.4, 0.5) is 0 Å². The van der Waals surface area contributed by atoms with Crippen LogP contribution >= 0.6 is 35.0 Å². The number of halogens is 2. The number of benzene rings is 1. The van der Waals surface area contributed by atoms with Crippen molar-refractivity contribution in [2.45, 2.75) is 42.1 Å². The molecule has 0 fully saturated rings. The van der Waals surface area contributed by atoms with Gasteiger partial charge in [0.2, 0.25) is 0 Å². The molecule has 0 aromatic heterocycles. The zero-order valence-electron chi connectivity index (χ0n) is 13.7. The van der Waals surface area contributed by atoms with Gasteiger partial charge in [0.15, 0.2) is 21.4 Å². The first kappa shape index (κ1) is 19.0. The summed E-state index contributed by atoms with van der Waals surface area (Å²) in [5, 5.41) is 0.367. The van der Waals surface area contributed by atoms with Crippen LogP contribution in [-0.4, -0.2) is 30.8 Å². The van der Waals surface area contributed by atoms with Crippen LogP contribution in [0, 0.1) is 6.92 Å². The molecule has 0 N–H and O–H groups in total. The minimum atomic E-state index is -3.48. The molecule has 0 saturated carbocycles. The second-order valence-corrected chi connectivity index (χ2v) is 10.4. The van der Waals surface area contributed by atoms with Gasteiger partial charge in [-0.3, -0.25) is 9.59 Å². The third-order valence-corrected chi connectivity index (χ3v) is 9.42. The zero-order valence-corrected chi connectivity index (χ0v) is 16.8. The molecule has 0 saturated heterocycles. The molecule has 0 radical (unpaired) electrons. The smallest absolute Gasteiger partial charge is 0.199 e. The quantitative estimate of drug-likeness (QED) is 0.545. The molecular weight excluding hydrogens is 403 g/mol. The molecule has 1 unspecified atom stereocenters. The molecule has 1 aromatic rings. The highest BCUT2D eigenvalue weighted by atomic mass is 35.5. The lowest BCUT2D eigenvalue weighted by molar-refractivity contribution is -0.115. The third kappa shape index (κ3) is 2.97. The van der Waals surface area contributed by atoms with Crippen molar-refractivity contribution in [3.8, 4) is 0 Å². The number of aryl methyl sites for hydroxylation is 1. The fourth-order valence-electron chi connectivity index (χ4n) is 3.40. The standard InChI is InChI=1S/C17H16Cl2O4S2/c1-8-6-9(16(21)14-11(18)4-3-5-12(14)20)15(19)10-7-13(24-2)25(22,23)17(8)10/h6,13H,3-5,7H2,1-2H3. The first-order valence-corrected chi connectivity index (χ1v) is 11.3. The number of Topliss-reactive ketones (excluding diaryl/α,β-unsaturated/α-hetero) is 2. The molecule has 1 atom stereocenters. The molecule has 0 amide bonds. The van der Waals surface area contributed by atoms with Gasteiger partial charge < -0.3 is 0 Å². The molecule has 0 bridgehead atoms. The first-order chi connectivity index (χ1) is 11.7. The number of ketones is 2. The maximum absolute atomic E-state index is 12.9. The first-order valence-electron chi connectivity index (χ1n) is 7.75. The van der Waals surface area contributed by atoms with Gasteiger partial charge in [0.25, 0.3) is 0 Å². The Bertz CT molecular complexity index is 932. The summed E-state index contributed by atoms with van der Waals surface area (Å²) >= 11 is 13.8. The lowest BCUT2D eigenvalue weighted by Crippen LogP contribution is -2.19. The zero-order chi connectivity index (χ0) is 18.5. The van der Waals surface area contributed by atoms with Crippen LogP contribution in [0.15, 0.2) is 21.6 Å². The molecule has 134 valence electrons. The summed E-state index contributed by atoms with van der Waals surface area (Å²) in [5.41, 5.74) is 1.07. The largest absolute Gasteiger partial charge is 0.294 e. The van der Waals surface area contributed by atoms with E-state index >= 15 is 0 Å². The summed E-state index contributed by atoms with van der Waals surface area (Å²) in [7, 11) is -3.48. The number of thioether (sulfide) groups is 1. The van der Waals surface area contributed by atoms with E-state index in [2.05, 4.69) is 0 Å². The molecule has 1 aromatic carbocycles. The lowest BCUT2D eigenvalue weighted by Gasteiger charge is -2.16. The molecule has 2 aliphatic rings. The maximum atomic E-state index is 12.9. The maximum Gasteiger partial charge on any atom is 0.199 e. The SMILES string of the molecule is CSC1Cc2c(Cl)c(C(=O)C3=C(Cl)CCCC3=O)cc(C)c2S1(=O)=O. The van der Waals surface area contributed by atoms with Gasteiger partial charge in [0.05, 0.1) is 15.5 Å². The van der Waals surface area contributed by atoms with Crippen molar-refractivity contribution in [1.29, 1.82) is 0 Å². The van der Waals surface area contributed by atoms with E-state index in [0.717, 1.165) is 0 Å². The van der Waals surface area contributed by atoms with Crippen molar-refractivity contribution < 1.29 is 18.0 Å². The molecule has 0 spiro atoms. The van der Waals surface area contributed by atoms with E-state index in [1.807, 2.05) is 0 Å². The van der Waals surface area contributed by atoms with Gasteiger partial charge in [-0.15, -0.1) is 11.8 Å². The summed E-state index contributed by atoms with van der Waals surface area (Å²) in [6.07, 6.45) is 3.37. The molecule has 25 heavy (non-hydrogen) atoms. The topological polar surface area (TPSA) is 68.3 Å². The highest BCUT2D eigenvalue weighted by molar-refractivity contribution is 8.13. The number of rotatable bonds is 3. The van der Waals surface area contributed by atoms with Crippen molar-refractivity contribution >= 4 is 56.4 Å². The highest BCUT2D eigenvalue weighted by Gasteiger charge is 2.41. The second kappa shape index (κ2) is 6.72. The van der Waals surface area contributed by atoms with Crippen molar-refractivity contribution in [3.05, 3.63) is 38.4 Å². The van der Waals surface area contributed by atoms with Gasteiger partial charge in [-0.2, -0.15) is 0 Å². The molecule has 1 aliphatic heterocycles. The van der Waals surface area contributed by atoms with Gasteiger partial charge >= 0.3 is 0 Å². The number of fused-ring (bicyclic) bond motifs is 1. The van der Waals surface area contributed by atoms with Gasteiger partial charge in [-0.1, -0.05) is 23.2 Å². The Hall–Kier alpha value is -0.820. The summed E-state index contributed by atoms with van der Waals surface area (Å²) in [6, 6.07) is 1.46. The van der Waals surface area contributed by atoms with Gasteiger partial charge in [-0.25, -0.2) is 8.42 Å². The Labute approximate surface area is 160 Å². The minimum absolute atomic E-state index is 0.0172. The van der Waals surface area contributed by atoms with Crippen molar-refractivity contribution in [2.24, 2.45) is 0 Å². The van der Waals surface area contributed by atoms with E-state index in [0.29, 0.717) is 24.0 Å². The van der Waals surface area contributed by atoms with E-state index in [1.54, 1.807) is 13.2 Å². The number of sulfone groups is 1. The van der Waals surface area contributed by atoms with Gasteiger partial charge in [0, 0.05) is 23.4 Å². The Kier molecular flexibility index (Phi) is 5.10. The van der Waals surface area contributed by atoms with E-state index in [1.165, 1.54) is 17.8 Å². The fraction of sp³-hybridized carbons (Fsp3) is 0.412. The molecule has 8 heteroatoms. The van der Waals surface area contributed by atoms with Crippen LogP contribution in [-0.2, 0) is 21.1 Å². The predicted octanol–water partition coefficient (Wildman–Crippen LogP) is 4.10. The molecule has 1 aliphatic carbocycles. The van der Waals surface area contributed by atoms with Crippen LogP contribution in [0.2, 0.25) is 5.02 Å². The van der Waals surface area contributed by atoms with Gasteiger partial charge in [-0.05, 0) is 43.2 Å². The Morgan fingerprint density at radius 3 is 2.56 bits per heavy atom. The number of carbonyl (C=O) groups excluding carboxylic acids is 2. The van der Waals surface area contributed by atoms with Crippen molar-refractivity contribution in [1.82, 2.24) is 0 Å². The second-order valence-electron chi connectivity index (χ2n) is 6.16. The van der Waals surface area contributed by atoms with Crippen LogP contribution in [0.1, 0.15) is 40.7 Å². The summed E-state index contributed by atoms with van der Waals surface area (Å²) in [4.78, 5) is 25.3. The predicted molar refractivity (Wildman–Crippen MR) is 100 cm³/mol. The minimum Gasteiger partial charge on any atom is -0.294 e. The Morgan fingerprint density at radius 2 is 1.96 bits per heavy atom. The molecular formula is C17H16Cl2O4S2. The molecule has 4 nitrogen and oxygen atoms in total. The molecule has 3 rings (SSSR count). The Morgan fingerprint density at radius 1 is 1.28 bits per heavy atom. The summed E-state index contributed by atoms with van der Waals surface area (Å²) in [5.74, 6) is -0.805. The average Bonchev–Trinajstić information content (AvgIpc) is 2.82. The summed E-state index contributed by atoms with van der Waals surface area (Å²) < 4.78 is 24.6. The Balaban J connectivity index is 2.18. The van der Waals surface area contributed by atoms with E-state index < -0.39 is 20.2 Å². The average molecular weight is 419 g/mol. The normalized spacial score (nSPS) is 22.2. The van der Waals surface area contributed by atoms with Crippen LogP contribution in [0.5, 0.6) is 0 Å². The van der Waals surface area contributed by atoms with E-state index in [4.69, 9.17) is 23.2 Å². The number of carbonyl (C=O) groups is 2. The third-order valence-electron chi connectivity index (χ3n) is 4.58. The fourth-order valence-corrected chi connectivity index (χ4v) is 7.41. The number of allylic oxidation sites excluding steroid dienone is 2. The van der Waals surface area contributed by atoms with Crippen LogP contribution in [0.25, 0.3) is 0 Å². The van der Waals surface area contributed by atoms with E-state index in [9.17, 15) is 18.0 Å². The number of hydrogen-bond acceptors (Lipinski definition) is 5.